The molecule has 0 bridgehead atoms. The first-order valence-electron chi connectivity index (χ1n) is 9.23. The van der Waals surface area contributed by atoms with Crippen molar-refractivity contribution in [1.82, 2.24) is 30.4 Å². The Morgan fingerprint density at radius 2 is 1.93 bits per heavy atom. The highest BCUT2D eigenvalue weighted by molar-refractivity contribution is 8.00. The van der Waals surface area contributed by atoms with Crippen molar-refractivity contribution in [1.29, 1.82) is 0 Å². The molecule has 0 radical (unpaired) electrons. The van der Waals surface area contributed by atoms with E-state index in [0.717, 1.165) is 9.47 Å². The second-order valence-corrected chi connectivity index (χ2v) is 8.72. The first kappa shape index (κ1) is 20.0. The molecule has 1 fully saturated rings. The van der Waals surface area contributed by atoms with Crippen LogP contribution in [0.25, 0.3) is 5.69 Å². The Kier molecular flexibility index (Phi) is 6.49. The van der Waals surface area contributed by atoms with Crippen LogP contribution in [-0.2, 0) is 5.75 Å². The number of benzene rings is 1. The third-order valence-electron chi connectivity index (χ3n) is 4.50. The molecule has 0 saturated heterocycles. The number of tetrazole rings is 1. The molecule has 3 aromatic rings. The number of thioether (sulfide) groups is 1. The van der Waals surface area contributed by atoms with E-state index in [1.165, 1.54) is 67.3 Å². The van der Waals surface area contributed by atoms with E-state index >= 15 is 0 Å². The van der Waals surface area contributed by atoms with Crippen molar-refractivity contribution in [2.75, 3.05) is 5.32 Å². The summed E-state index contributed by atoms with van der Waals surface area (Å²) in [6.07, 6.45) is 6.19. The molecule has 1 aliphatic rings. The van der Waals surface area contributed by atoms with Gasteiger partial charge in [-0.25, -0.2) is 0 Å². The number of ether oxygens (including phenoxy) is 1. The summed E-state index contributed by atoms with van der Waals surface area (Å²) < 4.78 is 31.3. The molecule has 154 valence electrons. The van der Waals surface area contributed by atoms with Crippen LogP contribution in [0.3, 0.4) is 0 Å². The summed E-state index contributed by atoms with van der Waals surface area (Å²) in [4.78, 5) is 0. The molecule has 2 heterocycles. The topological polar surface area (TPSA) is 90.6 Å². The lowest BCUT2D eigenvalue weighted by Crippen LogP contribution is -2.21. The SMILES string of the molecule is FC(F)Oc1ccc(-n2nnnc2CSc2nnc(NC3CCCCC3)s2)cc1. The van der Waals surface area contributed by atoms with Gasteiger partial charge in [0.05, 0.1) is 11.4 Å². The van der Waals surface area contributed by atoms with Crippen LogP contribution in [0.2, 0.25) is 0 Å². The predicted octanol–water partition coefficient (Wildman–Crippen LogP) is 4.15. The van der Waals surface area contributed by atoms with Crippen molar-refractivity contribution in [3.05, 3.63) is 30.1 Å². The molecule has 0 atom stereocenters. The Morgan fingerprint density at radius 3 is 2.69 bits per heavy atom. The van der Waals surface area contributed by atoms with Crippen LogP contribution in [-0.4, -0.2) is 43.1 Å². The van der Waals surface area contributed by atoms with Crippen LogP contribution >= 0.6 is 23.1 Å². The molecule has 0 aliphatic heterocycles. The van der Waals surface area contributed by atoms with E-state index in [1.807, 2.05) is 0 Å². The van der Waals surface area contributed by atoms with Gasteiger partial charge in [0.1, 0.15) is 5.75 Å². The molecule has 0 amide bonds. The Morgan fingerprint density at radius 1 is 1.14 bits per heavy atom. The van der Waals surface area contributed by atoms with Gasteiger partial charge >= 0.3 is 6.61 Å². The third-order valence-corrected chi connectivity index (χ3v) is 6.49. The lowest BCUT2D eigenvalue weighted by atomic mass is 9.96. The Labute approximate surface area is 174 Å². The number of alkyl halides is 2. The largest absolute Gasteiger partial charge is 0.435 e. The molecule has 12 heteroatoms. The lowest BCUT2D eigenvalue weighted by Gasteiger charge is -2.21. The van der Waals surface area contributed by atoms with Crippen molar-refractivity contribution in [3.8, 4) is 11.4 Å². The Balaban J connectivity index is 1.36. The quantitative estimate of drug-likeness (QED) is 0.524. The second-order valence-electron chi connectivity index (χ2n) is 6.52. The number of halogens is 2. The Hall–Kier alpha value is -2.34. The molecule has 29 heavy (non-hydrogen) atoms. The standard InChI is InChI=1S/C17H19F2N7OS2/c18-15(19)27-13-8-6-12(7-9-13)26-14(21-24-25-26)10-28-17-23-22-16(29-17)20-11-4-2-1-3-5-11/h6-9,11,15H,1-5,10H2,(H,20,22). The summed E-state index contributed by atoms with van der Waals surface area (Å²) in [7, 11) is 0. The third kappa shape index (κ3) is 5.38. The van der Waals surface area contributed by atoms with E-state index in [0.29, 0.717) is 23.3 Å². The molecule has 0 unspecified atom stereocenters. The molecule has 0 spiro atoms. The molecule has 4 rings (SSSR count). The second kappa shape index (κ2) is 9.44. The molecular formula is C17H19F2N7OS2. The van der Waals surface area contributed by atoms with E-state index in [9.17, 15) is 8.78 Å². The maximum Gasteiger partial charge on any atom is 0.387 e. The van der Waals surface area contributed by atoms with E-state index in [1.54, 1.807) is 16.8 Å². The summed E-state index contributed by atoms with van der Waals surface area (Å²) in [6, 6.07) is 6.64. The molecule has 1 saturated carbocycles. The van der Waals surface area contributed by atoms with Crippen LogP contribution in [0, 0.1) is 0 Å². The van der Waals surface area contributed by atoms with Gasteiger partial charge in [0.25, 0.3) is 0 Å². The first-order chi connectivity index (χ1) is 14.2. The number of nitrogens with one attached hydrogen (secondary N) is 1. The van der Waals surface area contributed by atoms with Gasteiger partial charge in [-0.05, 0) is 47.5 Å². The molecule has 1 N–H and O–H groups in total. The zero-order valence-electron chi connectivity index (χ0n) is 15.4. The van der Waals surface area contributed by atoms with Gasteiger partial charge < -0.3 is 10.1 Å². The summed E-state index contributed by atoms with van der Waals surface area (Å²) in [5.74, 6) is 1.20. The van der Waals surface area contributed by atoms with Crippen molar-refractivity contribution in [3.63, 3.8) is 0 Å². The fourth-order valence-electron chi connectivity index (χ4n) is 3.14. The van der Waals surface area contributed by atoms with Crippen molar-refractivity contribution < 1.29 is 13.5 Å². The van der Waals surface area contributed by atoms with Crippen molar-refractivity contribution in [2.45, 2.75) is 54.8 Å². The number of aromatic nitrogens is 6. The van der Waals surface area contributed by atoms with E-state index in [2.05, 4.69) is 35.8 Å². The molecular weight excluding hydrogens is 420 g/mol. The maximum absolute atomic E-state index is 12.3. The summed E-state index contributed by atoms with van der Waals surface area (Å²) in [5.41, 5.74) is 0.657. The molecule has 1 aromatic carbocycles. The lowest BCUT2D eigenvalue weighted by molar-refractivity contribution is -0.0498. The monoisotopic (exact) mass is 439 g/mol. The van der Waals surface area contributed by atoms with Crippen molar-refractivity contribution in [2.24, 2.45) is 0 Å². The number of rotatable bonds is 8. The average molecular weight is 440 g/mol. The van der Waals surface area contributed by atoms with Crippen LogP contribution < -0.4 is 10.1 Å². The van der Waals surface area contributed by atoms with E-state index in [-0.39, 0.29) is 5.75 Å². The van der Waals surface area contributed by atoms with Crippen LogP contribution in [0.5, 0.6) is 5.75 Å². The van der Waals surface area contributed by atoms with Gasteiger partial charge in [-0.3, -0.25) is 0 Å². The predicted molar refractivity (Wildman–Crippen MR) is 106 cm³/mol. The highest BCUT2D eigenvalue weighted by Gasteiger charge is 2.16. The van der Waals surface area contributed by atoms with Crippen molar-refractivity contribution >= 4 is 28.2 Å². The van der Waals surface area contributed by atoms with Gasteiger partial charge in [0.2, 0.25) is 5.13 Å². The van der Waals surface area contributed by atoms with Gasteiger partial charge in [-0.15, -0.1) is 15.3 Å². The van der Waals surface area contributed by atoms with Crippen LogP contribution in [0.4, 0.5) is 13.9 Å². The fraction of sp³-hybridized carbons (Fsp3) is 0.471. The fourth-order valence-corrected chi connectivity index (χ4v) is 4.87. The first-order valence-corrected chi connectivity index (χ1v) is 11.0. The number of hydrogen-bond acceptors (Lipinski definition) is 9. The average Bonchev–Trinajstić information content (AvgIpc) is 3.37. The molecule has 2 aromatic heterocycles. The number of nitrogens with zero attached hydrogens (tertiary/aromatic N) is 6. The highest BCUT2D eigenvalue weighted by atomic mass is 32.2. The van der Waals surface area contributed by atoms with E-state index < -0.39 is 6.61 Å². The normalized spacial score (nSPS) is 15.0. The van der Waals surface area contributed by atoms with E-state index in [4.69, 9.17) is 0 Å². The van der Waals surface area contributed by atoms with Gasteiger partial charge in [0, 0.05) is 6.04 Å². The minimum Gasteiger partial charge on any atom is -0.435 e. The summed E-state index contributed by atoms with van der Waals surface area (Å²) in [6.45, 7) is -2.86. The molecule has 1 aliphatic carbocycles. The summed E-state index contributed by atoms with van der Waals surface area (Å²) >= 11 is 3.02. The van der Waals surface area contributed by atoms with Gasteiger partial charge in [-0.1, -0.05) is 42.4 Å². The minimum absolute atomic E-state index is 0.0830. The molecule has 8 nitrogen and oxygen atoms in total. The van der Waals surface area contributed by atoms with Gasteiger partial charge in [0.15, 0.2) is 10.2 Å². The summed E-state index contributed by atoms with van der Waals surface area (Å²) in [5, 5.41) is 24.5. The van der Waals surface area contributed by atoms with Crippen LogP contribution in [0.15, 0.2) is 28.6 Å². The zero-order valence-corrected chi connectivity index (χ0v) is 17.0. The van der Waals surface area contributed by atoms with Crippen LogP contribution in [0.1, 0.15) is 37.9 Å². The smallest absolute Gasteiger partial charge is 0.387 e. The number of anilines is 1. The Bertz CT molecular complexity index is 913. The minimum atomic E-state index is -2.86. The number of hydrogen-bond donors (Lipinski definition) is 1. The highest BCUT2D eigenvalue weighted by Crippen LogP contribution is 2.30. The maximum atomic E-state index is 12.3. The zero-order chi connectivity index (χ0) is 20.1. The van der Waals surface area contributed by atoms with Gasteiger partial charge in [-0.2, -0.15) is 13.5 Å².